The van der Waals surface area contributed by atoms with Crippen LogP contribution in [0.2, 0.25) is 0 Å². The van der Waals surface area contributed by atoms with Gasteiger partial charge >= 0.3 is 0 Å². The lowest BCUT2D eigenvalue weighted by Crippen LogP contribution is -2.35. The SMILES string of the molecule is CC(=O)CCC(C)=O.Cc1ccc(C)n1-c1cc(C2(O)CCOCC2)n(C)n1.Cc1ccc(C)n1-c1ccn(C)n1.Cn1ccc(N)n1.Cn1nc(N)cc1C1(O)CCOCC1.O=C1CCOCC1. The average Bonchev–Trinajstić information content (AvgIpc) is 4.18. The third-order valence-electron chi connectivity index (χ3n) is 11.7. The van der Waals surface area contributed by atoms with Crippen molar-refractivity contribution in [1.82, 2.24) is 48.3 Å². The number of Topliss-reactive ketones (excluding diaryl/α,β-unsaturated/α-hetero) is 3. The average molecular weight is 959 g/mol. The summed E-state index contributed by atoms with van der Waals surface area (Å²) in [5.74, 6) is 3.38. The van der Waals surface area contributed by atoms with Crippen molar-refractivity contribution in [1.29, 1.82) is 0 Å². The normalized spacial score (nSPS) is 15.9. The van der Waals surface area contributed by atoms with Crippen molar-refractivity contribution in [3.05, 3.63) is 95.1 Å². The molecule has 0 saturated carbocycles. The molecule has 0 amide bonds. The van der Waals surface area contributed by atoms with Gasteiger partial charge in [0.2, 0.25) is 0 Å². The van der Waals surface area contributed by atoms with Crippen LogP contribution in [-0.4, -0.2) is 115 Å². The Balaban J connectivity index is 0.000000189. The number of nitrogen functional groups attached to an aromatic ring is 2. The summed E-state index contributed by atoms with van der Waals surface area (Å²) in [4.78, 5) is 30.8. The maximum atomic E-state index is 10.8. The van der Waals surface area contributed by atoms with E-state index in [1.807, 2.05) is 44.2 Å². The molecule has 0 aliphatic carbocycles. The van der Waals surface area contributed by atoms with Gasteiger partial charge in [-0.3, -0.25) is 23.5 Å². The van der Waals surface area contributed by atoms with Crippen molar-refractivity contribution in [2.45, 2.75) is 104 Å². The standard InChI is InChI=1S/C15H21N3O2.C10H13N3.C9H15N3O2.C6H10O2.C5H8O2.C4H7N3/c1-11-4-5-12(2)18(11)14-10-13(17(3)16-14)15(19)6-8-20-9-7-15;1-8-4-5-9(2)13(8)10-6-7-12(3)11-10;1-12-7(6-8(10)11-12)9(13)2-4-14-5-3-9;1-5(7)3-4-6(2)8;6-5-1-3-7-4-2-5;1-7-3-2-4(5)6-7/h4-5,10,19H,6-9H2,1-3H3;4-7H,1-3H3;6,13H,2-5H2,1H3,(H2,10,11);3-4H2,1-2H3;1-4H2;2-3H,1H3,(H2,5,6). The van der Waals surface area contributed by atoms with Crippen LogP contribution in [0.1, 0.15) is 99.4 Å². The van der Waals surface area contributed by atoms with Crippen LogP contribution in [0, 0.1) is 27.7 Å². The Morgan fingerprint density at radius 2 is 0.971 bits per heavy atom. The minimum Gasteiger partial charge on any atom is -0.383 e. The van der Waals surface area contributed by atoms with E-state index < -0.39 is 11.2 Å². The molecular formula is C49H74N12O8. The molecule has 0 radical (unpaired) electrons. The Labute approximate surface area is 405 Å². The fraction of sp³-hybridized carbons (Fsp3) is 0.531. The van der Waals surface area contributed by atoms with Crippen molar-refractivity contribution >= 4 is 29.0 Å². The Morgan fingerprint density at radius 1 is 0.565 bits per heavy atom. The van der Waals surface area contributed by atoms with Crippen molar-refractivity contribution < 1.29 is 38.8 Å². The number of nitrogens with zero attached hydrogens (tertiary/aromatic N) is 10. The maximum absolute atomic E-state index is 10.8. The van der Waals surface area contributed by atoms with E-state index >= 15 is 0 Å². The van der Waals surface area contributed by atoms with Gasteiger partial charge in [-0.1, -0.05) is 0 Å². The minimum absolute atomic E-state index is 0.0835. The number of ether oxygens (including phenoxy) is 3. The predicted molar refractivity (Wildman–Crippen MR) is 263 cm³/mol. The highest BCUT2D eigenvalue weighted by Gasteiger charge is 2.36. The van der Waals surface area contributed by atoms with E-state index in [0.29, 0.717) is 108 Å². The zero-order valence-electron chi connectivity index (χ0n) is 42.1. The number of carbonyl (C=O) groups excluding carboxylic acids is 3. The van der Waals surface area contributed by atoms with E-state index in [2.05, 4.69) is 81.5 Å². The van der Waals surface area contributed by atoms with E-state index in [9.17, 15) is 24.6 Å². The molecule has 0 spiro atoms. The van der Waals surface area contributed by atoms with Crippen LogP contribution in [-0.2, 0) is 68.0 Å². The van der Waals surface area contributed by atoms with Gasteiger partial charge in [-0.15, -0.1) is 0 Å². The summed E-state index contributed by atoms with van der Waals surface area (Å²) in [6.07, 6.45) is 8.25. The molecular weight excluding hydrogens is 885 g/mol. The van der Waals surface area contributed by atoms with Crippen LogP contribution >= 0.6 is 0 Å². The summed E-state index contributed by atoms with van der Waals surface area (Å²) < 4.78 is 26.6. The van der Waals surface area contributed by atoms with E-state index in [-0.39, 0.29) is 11.6 Å². The van der Waals surface area contributed by atoms with Crippen LogP contribution in [0.4, 0.5) is 11.6 Å². The first-order valence-corrected chi connectivity index (χ1v) is 23.2. The lowest BCUT2D eigenvalue weighted by Gasteiger charge is -2.31. The van der Waals surface area contributed by atoms with Gasteiger partial charge in [-0.25, -0.2) is 0 Å². The quantitative estimate of drug-likeness (QED) is 0.165. The van der Waals surface area contributed by atoms with Crippen LogP contribution < -0.4 is 11.5 Å². The molecule has 378 valence electrons. The second kappa shape index (κ2) is 26.0. The number of aliphatic hydroxyl groups is 2. The lowest BCUT2D eigenvalue weighted by molar-refractivity contribution is -0.124. The molecule has 6 aromatic rings. The van der Waals surface area contributed by atoms with Gasteiger partial charge in [-0.2, -0.15) is 20.4 Å². The van der Waals surface area contributed by atoms with Crippen LogP contribution in [0.3, 0.4) is 0 Å². The molecule has 3 aliphatic heterocycles. The number of hydrogen-bond acceptors (Lipinski definition) is 14. The summed E-state index contributed by atoms with van der Waals surface area (Å²) >= 11 is 0. The Morgan fingerprint density at radius 3 is 1.30 bits per heavy atom. The highest BCUT2D eigenvalue weighted by atomic mass is 16.5. The van der Waals surface area contributed by atoms with Crippen molar-refractivity contribution in [2.24, 2.45) is 28.2 Å². The molecule has 6 N–H and O–H groups in total. The number of aryl methyl sites for hydroxylation is 8. The highest BCUT2D eigenvalue weighted by molar-refractivity contribution is 5.83. The van der Waals surface area contributed by atoms with Crippen molar-refractivity contribution in [3.8, 4) is 11.6 Å². The molecule has 20 heteroatoms. The Bertz CT molecular complexity index is 2470. The fourth-order valence-electron chi connectivity index (χ4n) is 7.82. The fourth-order valence-corrected chi connectivity index (χ4v) is 7.82. The van der Waals surface area contributed by atoms with Gasteiger partial charge in [0.1, 0.15) is 40.2 Å². The van der Waals surface area contributed by atoms with Crippen molar-refractivity contribution in [2.75, 3.05) is 51.1 Å². The lowest BCUT2D eigenvalue weighted by atomic mass is 9.90. The van der Waals surface area contributed by atoms with E-state index in [1.54, 1.807) is 39.4 Å². The Hall–Kier alpha value is -6.19. The monoisotopic (exact) mass is 959 g/mol. The largest absolute Gasteiger partial charge is 0.383 e. The summed E-state index contributed by atoms with van der Waals surface area (Å²) in [5.41, 5.74) is 15.5. The molecule has 3 aliphatic rings. The van der Waals surface area contributed by atoms with Gasteiger partial charge < -0.3 is 54.6 Å². The number of aromatic nitrogens is 10. The number of nitrogens with two attached hydrogens (primary N) is 2. The van der Waals surface area contributed by atoms with Crippen molar-refractivity contribution in [3.63, 3.8) is 0 Å². The predicted octanol–water partition coefficient (Wildman–Crippen LogP) is 4.97. The van der Waals surface area contributed by atoms with Gasteiger partial charge in [0, 0.05) is 159 Å². The topological polar surface area (TPSA) is 253 Å². The van der Waals surface area contributed by atoms with Gasteiger partial charge in [0.15, 0.2) is 11.6 Å². The molecule has 69 heavy (non-hydrogen) atoms. The molecule has 0 aromatic carbocycles. The smallest absolute Gasteiger partial charge is 0.159 e. The zero-order valence-corrected chi connectivity index (χ0v) is 42.1. The minimum atomic E-state index is -0.826. The number of ketones is 3. The van der Waals surface area contributed by atoms with Gasteiger partial charge in [0.05, 0.1) is 24.6 Å². The molecule has 9 heterocycles. The number of anilines is 2. The van der Waals surface area contributed by atoms with E-state index in [1.165, 1.54) is 25.2 Å². The molecule has 3 fully saturated rings. The summed E-state index contributed by atoms with van der Waals surface area (Å²) in [6, 6.07) is 15.8. The van der Waals surface area contributed by atoms with Gasteiger partial charge in [-0.05, 0) is 71.9 Å². The maximum Gasteiger partial charge on any atom is 0.159 e. The third-order valence-corrected chi connectivity index (χ3v) is 11.7. The summed E-state index contributed by atoms with van der Waals surface area (Å²) in [6.45, 7) is 14.9. The van der Waals surface area contributed by atoms with Crippen LogP contribution in [0.25, 0.3) is 11.6 Å². The molecule has 20 nitrogen and oxygen atoms in total. The highest BCUT2D eigenvalue weighted by Crippen LogP contribution is 2.34. The first kappa shape index (κ1) is 55.4. The molecule has 0 unspecified atom stereocenters. The summed E-state index contributed by atoms with van der Waals surface area (Å²) in [7, 11) is 7.44. The molecule has 0 bridgehead atoms. The number of hydrogen-bond donors (Lipinski definition) is 4. The van der Waals surface area contributed by atoms with Crippen LogP contribution in [0.5, 0.6) is 0 Å². The van der Waals surface area contributed by atoms with E-state index in [4.69, 9.17) is 25.7 Å². The number of carbonyl (C=O) groups is 3. The second-order valence-electron chi connectivity index (χ2n) is 17.6. The first-order chi connectivity index (χ1) is 32.6. The van der Waals surface area contributed by atoms with E-state index in [0.717, 1.165) is 34.4 Å². The first-order valence-electron chi connectivity index (χ1n) is 23.2. The molecule has 9 rings (SSSR count). The third kappa shape index (κ3) is 16.8. The molecule has 0 atom stereocenters. The Kier molecular flexibility index (Phi) is 20.9. The molecule has 6 aromatic heterocycles. The van der Waals surface area contributed by atoms with Crippen LogP contribution in [0.15, 0.2) is 60.9 Å². The molecule has 3 saturated heterocycles. The second-order valence-corrected chi connectivity index (χ2v) is 17.6. The van der Waals surface area contributed by atoms with Gasteiger partial charge in [0.25, 0.3) is 0 Å². The number of rotatable bonds is 7. The summed E-state index contributed by atoms with van der Waals surface area (Å²) in [5, 5.41) is 37.9. The zero-order chi connectivity index (χ0) is 50.9.